The van der Waals surface area contributed by atoms with Crippen LogP contribution in [0.25, 0.3) is 0 Å². The van der Waals surface area contributed by atoms with Crippen molar-refractivity contribution >= 4 is 17.7 Å². The van der Waals surface area contributed by atoms with Gasteiger partial charge in [-0.1, -0.05) is 26.8 Å². The SMILES string of the molecule is C=C(C(=O)NC(C)CCC)/C(=C\C)OCC(=O)NC(C)(C)CCNNC(=O)CC. The summed E-state index contributed by atoms with van der Waals surface area (Å²) < 4.78 is 5.51. The molecule has 0 aliphatic rings. The Bertz CT molecular complexity index is 599. The second kappa shape index (κ2) is 13.8. The molecule has 0 radical (unpaired) electrons. The Morgan fingerprint density at radius 1 is 1.17 bits per heavy atom. The third-order valence-corrected chi connectivity index (χ3v) is 4.19. The molecule has 0 bridgehead atoms. The molecule has 0 fully saturated rings. The highest BCUT2D eigenvalue weighted by molar-refractivity contribution is 5.96. The molecule has 3 amide bonds. The van der Waals surface area contributed by atoms with Crippen LogP contribution in [0, 0.1) is 0 Å². The first kappa shape index (κ1) is 26.6. The van der Waals surface area contributed by atoms with Crippen molar-refractivity contribution in [1.82, 2.24) is 21.5 Å². The van der Waals surface area contributed by atoms with Crippen molar-refractivity contribution in [2.24, 2.45) is 0 Å². The largest absolute Gasteiger partial charge is 0.483 e. The molecule has 0 spiro atoms. The summed E-state index contributed by atoms with van der Waals surface area (Å²) >= 11 is 0. The molecule has 29 heavy (non-hydrogen) atoms. The van der Waals surface area contributed by atoms with Gasteiger partial charge in [-0.3, -0.25) is 19.8 Å². The smallest absolute Gasteiger partial charge is 0.258 e. The number of rotatable bonds is 14. The molecule has 0 aliphatic heterocycles. The summed E-state index contributed by atoms with van der Waals surface area (Å²) in [6.07, 6.45) is 4.46. The molecule has 4 N–H and O–H groups in total. The van der Waals surface area contributed by atoms with Gasteiger partial charge in [0.05, 0.1) is 5.57 Å². The van der Waals surface area contributed by atoms with E-state index in [9.17, 15) is 14.4 Å². The van der Waals surface area contributed by atoms with Crippen LogP contribution in [0.4, 0.5) is 0 Å². The predicted molar refractivity (Wildman–Crippen MR) is 115 cm³/mol. The third kappa shape index (κ3) is 11.9. The quantitative estimate of drug-likeness (QED) is 0.115. The van der Waals surface area contributed by atoms with Gasteiger partial charge >= 0.3 is 0 Å². The molecule has 0 rings (SSSR count). The van der Waals surface area contributed by atoms with Crippen molar-refractivity contribution in [3.8, 4) is 0 Å². The lowest BCUT2D eigenvalue weighted by Gasteiger charge is -2.26. The first-order valence-corrected chi connectivity index (χ1v) is 10.2. The van der Waals surface area contributed by atoms with Crippen LogP contribution in [0.3, 0.4) is 0 Å². The summed E-state index contributed by atoms with van der Waals surface area (Å²) in [7, 11) is 0. The van der Waals surface area contributed by atoms with E-state index in [4.69, 9.17) is 4.74 Å². The van der Waals surface area contributed by atoms with Crippen LogP contribution in [0.15, 0.2) is 24.0 Å². The van der Waals surface area contributed by atoms with Crippen LogP contribution in [0.5, 0.6) is 0 Å². The third-order valence-electron chi connectivity index (χ3n) is 4.19. The Morgan fingerprint density at radius 3 is 2.38 bits per heavy atom. The fourth-order valence-corrected chi connectivity index (χ4v) is 2.52. The summed E-state index contributed by atoms with van der Waals surface area (Å²) in [4.78, 5) is 35.7. The number of allylic oxidation sites excluding steroid dienone is 1. The molecule has 166 valence electrons. The maximum atomic E-state index is 12.2. The van der Waals surface area contributed by atoms with Crippen molar-refractivity contribution in [2.45, 2.75) is 78.8 Å². The molecule has 1 unspecified atom stereocenters. The van der Waals surface area contributed by atoms with Gasteiger partial charge in [0.15, 0.2) is 6.61 Å². The van der Waals surface area contributed by atoms with Crippen LogP contribution in [0.2, 0.25) is 0 Å². The molecule has 0 aromatic heterocycles. The molecular formula is C21H38N4O4. The van der Waals surface area contributed by atoms with E-state index in [-0.39, 0.29) is 41.7 Å². The maximum Gasteiger partial charge on any atom is 0.258 e. The average Bonchev–Trinajstić information content (AvgIpc) is 2.64. The number of carbonyl (C=O) groups excluding carboxylic acids is 3. The van der Waals surface area contributed by atoms with E-state index in [1.165, 1.54) is 0 Å². The van der Waals surface area contributed by atoms with Crippen LogP contribution in [-0.4, -0.2) is 42.5 Å². The Balaban J connectivity index is 4.45. The zero-order chi connectivity index (χ0) is 22.4. The maximum absolute atomic E-state index is 12.2. The van der Waals surface area contributed by atoms with E-state index in [1.54, 1.807) is 19.9 Å². The minimum absolute atomic E-state index is 0.0437. The first-order chi connectivity index (χ1) is 13.6. The molecule has 0 saturated heterocycles. The van der Waals surface area contributed by atoms with E-state index >= 15 is 0 Å². The normalized spacial score (nSPS) is 12.7. The summed E-state index contributed by atoms with van der Waals surface area (Å²) in [5, 5.41) is 5.75. The summed E-state index contributed by atoms with van der Waals surface area (Å²) in [5.74, 6) is -0.421. The number of nitrogens with one attached hydrogen (secondary N) is 4. The number of ether oxygens (including phenoxy) is 1. The van der Waals surface area contributed by atoms with Gasteiger partial charge < -0.3 is 15.4 Å². The van der Waals surface area contributed by atoms with Gasteiger partial charge in [0, 0.05) is 24.5 Å². The van der Waals surface area contributed by atoms with Crippen LogP contribution in [0.1, 0.15) is 67.2 Å². The summed E-state index contributed by atoms with van der Waals surface area (Å²) in [6, 6.07) is 0.0437. The molecule has 8 heteroatoms. The highest BCUT2D eigenvalue weighted by Crippen LogP contribution is 2.12. The highest BCUT2D eigenvalue weighted by atomic mass is 16.5. The Kier molecular flexibility index (Phi) is 12.6. The van der Waals surface area contributed by atoms with Gasteiger partial charge in [0.1, 0.15) is 5.76 Å². The fraction of sp³-hybridized carbons (Fsp3) is 0.667. The second-order valence-electron chi connectivity index (χ2n) is 7.59. The molecule has 0 aromatic carbocycles. The molecule has 0 heterocycles. The van der Waals surface area contributed by atoms with Gasteiger partial charge in [0.2, 0.25) is 5.91 Å². The van der Waals surface area contributed by atoms with Crippen molar-refractivity contribution in [3.63, 3.8) is 0 Å². The number of hydrogen-bond acceptors (Lipinski definition) is 5. The number of carbonyl (C=O) groups is 3. The molecular weight excluding hydrogens is 372 g/mol. The number of hydrazine groups is 1. The molecule has 0 aliphatic carbocycles. The Morgan fingerprint density at radius 2 is 1.83 bits per heavy atom. The lowest BCUT2D eigenvalue weighted by Crippen LogP contribution is -2.48. The fourth-order valence-electron chi connectivity index (χ4n) is 2.52. The van der Waals surface area contributed by atoms with Crippen molar-refractivity contribution in [2.75, 3.05) is 13.2 Å². The second-order valence-corrected chi connectivity index (χ2v) is 7.59. The predicted octanol–water partition coefficient (Wildman–Crippen LogP) is 2.08. The van der Waals surface area contributed by atoms with Crippen LogP contribution in [-0.2, 0) is 19.1 Å². The lowest BCUT2D eigenvalue weighted by atomic mass is 10.0. The average molecular weight is 411 g/mol. The van der Waals surface area contributed by atoms with E-state index in [0.29, 0.717) is 19.4 Å². The summed E-state index contributed by atoms with van der Waals surface area (Å²) in [5.41, 5.74) is 5.10. The van der Waals surface area contributed by atoms with Crippen molar-refractivity contribution in [1.29, 1.82) is 0 Å². The van der Waals surface area contributed by atoms with E-state index < -0.39 is 5.54 Å². The monoisotopic (exact) mass is 410 g/mol. The molecule has 0 aromatic rings. The van der Waals surface area contributed by atoms with Crippen LogP contribution < -0.4 is 21.5 Å². The number of hydrogen-bond donors (Lipinski definition) is 4. The Hall–Kier alpha value is -2.35. The first-order valence-electron chi connectivity index (χ1n) is 10.2. The molecule has 8 nitrogen and oxygen atoms in total. The topological polar surface area (TPSA) is 109 Å². The zero-order valence-corrected chi connectivity index (χ0v) is 18.7. The standard InChI is InChI=1S/C21H38N4O4/c1-8-11-15(4)23-20(28)16(5)17(9-2)29-14-19(27)24-21(6,7)12-13-22-25-18(26)10-3/h9,15,22H,5,8,10-14H2,1-4,6-7H3,(H,23,28)(H,24,27)(H,25,26)/b17-9+. The van der Waals surface area contributed by atoms with E-state index in [0.717, 1.165) is 12.8 Å². The zero-order valence-electron chi connectivity index (χ0n) is 18.7. The van der Waals surface area contributed by atoms with E-state index in [1.807, 2.05) is 20.8 Å². The van der Waals surface area contributed by atoms with Crippen molar-refractivity contribution < 1.29 is 19.1 Å². The van der Waals surface area contributed by atoms with Gasteiger partial charge in [-0.25, -0.2) is 5.43 Å². The highest BCUT2D eigenvalue weighted by Gasteiger charge is 2.21. The summed E-state index contributed by atoms with van der Waals surface area (Å²) in [6.45, 7) is 15.3. The minimum Gasteiger partial charge on any atom is -0.483 e. The van der Waals surface area contributed by atoms with Gasteiger partial charge in [-0.15, -0.1) is 0 Å². The van der Waals surface area contributed by atoms with Crippen molar-refractivity contribution in [3.05, 3.63) is 24.0 Å². The minimum atomic E-state index is -0.496. The van der Waals surface area contributed by atoms with Gasteiger partial charge in [-0.2, -0.15) is 0 Å². The van der Waals surface area contributed by atoms with Crippen LogP contribution >= 0.6 is 0 Å². The number of amides is 3. The Labute approximate surface area is 174 Å². The molecule has 1 atom stereocenters. The lowest BCUT2D eigenvalue weighted by molar-refractivity contribution is -0.126. The molecule has 0 saturated carbocycles. The van der Waals surface area contributed by atoms with Gasteiger partial charge in [0.25, 0.3) is 11.8 Å². The van der Waals surface area contributed by atoms with E-state index in [2.05, 4.69) is 35.0 Å². The van der Waals surface area contributed by atoms with Gasteiger partial charge in [-0.05, 0) is 46.6 Å².